The van der Waals surface area contributed by atoms with Crippen LogP contribution in [0, 0.1) is 22.5 Å². The fourth-order valence-electron chi connectivity index (χ4n) is 4.00. The molecule has 5 heteroatoms. The lowest BCUT2D eigenvalue weighted by Crippen LogP contribution is -2.63. The summed E-state index contributed by atoms with van der Waals surface area (Å²) in [4.78, 5) is 10.6. The maximum atomic E-state index is 10.9. The molecule has 2 saturated carbocycles. The van der Waals surface area contributed by atoms with Crippen LogP contribution in [0.15, 0.2) is 18.2 Å². The number of nitro benzene ring substituents is 1. The number of nitrogens with zero attached hydrogens (tertiary/aromatic N) is 1. The van der Waals surface area contributed by atoms with E-state index >= 15 is 0 Å². The zero-order valence-corrected chi connectivity index (χ0v) is 12.6. The minimum Gasteiger partial charge on any atom is -0.489 e. The quantitative estimate of drug-likeness (QED) is 0.683. The lowest BCUT2D eigenvalue weighted by molar-refractivity contribution is -0.385. The minimum absolute atomic E-state index is 0.0977. The highest BCUT2D eigenvalue weighted by atomic mass is 16.6. The average Bonchev–Trinajstić information content (AvgIpc) is 2.96. The Morgan fingerprint density at radius 2 is 2.10 bits per heavy atom. The first kappa shape index (κ1) is 14.3. The molecule has 2 aliphatic rings. The molecule has 0 bridgehead atoms. The molecule has 1 aromatic carbocycles. The van der Waals surface area contributed by atoms with Crippen molar-refractivity contribution in [3.8, 4) is 5.75 Å². The Kier molecular flexibility index (Phi) is 3.61. The smallest absolute Gasteiger partial charge is 0.273 e. The van der Waals surface area contributed by atoms with E-state index in [1.807, 2.05) is 14.0 Å². The van der Waals surface area contributed by atoms with Crippen molar-refractivity contribution >= 4 is 5.69 Å². The van der Waals surface area contributed by atoms with Crippen LogP contribution in [0.4, 0.5) is 5.69 Å². The molecular formula is C16H22N2O3. The molecule has 1 spiro atoms. The summed E-state index contributed by atoms with van der Waals surface area (Å²) in [5, 5.41) is 14.3. The van der Waals surface area contributed by atoms with Gasteiger partial charge in [-0.1, -0.05) is 12.8 Å². The van der Waals surface area contributed by atoms with Crippen LogP contribution in [-0.4, -0.2) is 24.1 Å². The lowest BCUT2D eigenvalue weighted by atomic mass is 9.60. The number of ether oxygens (including phenoxy) is 1. The van der Waals surface area contributed by atoms with Crippen molar-refractivity contribution in [3.63, 3.8) is 0 Å². The van der Waals surface area contributed by atoms with Crippen LogP contribution >= 0.6 is 0 Å². The Bertz CT molecular complexity index is 552. The van der Waals surface area contributed by atoms with Crippen LogP contribution in [0.2, 0.25) is 0 Å². The molecule has 0 aromatic heterocycles. The van der Waals surface area contributed by atoms with E-state index in [-0.39, 0.29) is 22.1 Å². The number of benzene rings is 1. The molecule has 2 unspecified atom stereocenters. The molecule has 3 rings (SSSR count). The first-order valence-corrected chi connectivity index (χ1v) is 7.66. The van der Waals surface area contributed by atoms with Gasteiger partial charge in [0.1, 0.15) is 11.9 Å². The normalized spacial score (nSPS) is 26.6. The maximum Gasteiger partial charge on any atom is 0.273 e. The van der Waals surface area contributed by atoms with Gasteiger partial charge in [0, 0.05) is 23.9 Å². The number of aryl methyl sites for hydroxylation is 1. The molecule has 0 aliphatic heterocycles. The van der Waals surface area contributed by atoms with Crippen LogP contribution in [-0.2, 0) is 0 Å². The van der Waals surface area contributed by atoms with Crippen LogP contribution in [0.3, 0.4) is 0 Å². The standard InChI is InChI=1S/C16H22N2O3/c1-11-5-6-12(18(19)20)9-13(11)21-15-10-14(17-2)16(15)7-3-4-8-16/h5-6,9,14-15,17H,3-4,7-8,10H2,1-2H3. The maximum absolute atomic E-state index is 10.9. The predicted octanol–water partition coefficient (Wildman–Crippen LogP) is 3.20. The molecule has 0 heterocycles. The molecule has 0 saturated heterocycles. The van der Waals surface area contributed by atoms with Gasteiger partial charge in [-0.3, -0.25) is 10.1 Å². The Labute approximate surface area is 124 Å². The number of non-ortho nitro benzene ring substituents is 1. The van der Waals surface area contributed by atoms with Gasteiger partial charge < -0.3 is 10.1 Å². The van der Waals surface area contributed by atoms with Crippen LogP contribution < -0.4 is 10.1 Å². The number of hydrogen-bond acceptors (Lipinski definition) is 4. The van der Waals surface area contributed by atoms with Crippen molar-refractivity contribution in [1.82, 2.24) is 5.32 Å². The van der Waals surface area contributed by atoms with Gasteiger partial charge in [-0.2, -0.15) is 0 Å². The zero-order chi connectivity index (χ0) is 15.0. The second-order valence-electron chi connectivity index (χ2n) is 6.33. The molecule has 2 fully saturated rings. The summed E-state index contributed by atoms with van der Waals surface area (Å²) in [6.07, 6.45) is 6.06. The fraction of sp³-hybridized carbons (Fsp3) is 0.625. The Morgan fingerprint density at radius 1 is 1.38 bits per heavy atom. The van der Waals surface area contributed by atoms with E-state index in [1.54, 1.807) is 12.1 Å². The number of nitro groups is 1. The summed E-state index contributed by atoms with van der Waals surface area (Å²) in [5.41, 5.74) is 1.29. The third-order valence-corrected chi connectivity index (χ3v) is 5.32. The highest BCUT2D eigenvalue weighted by molar-refractivity contribution is 5.44. The molecule has 114 valence electrons. The van der Waals surface area contributed by atoms with Crippen molar-refractivity contribution in [2.45, 2.75) is 51.2 Å². The Hall–Kier alpha value is -1.62. The summed E-state index contributed by atoms with van der Waals surface area (Å²) < 4.78 is 6.20. The Morgan fingerprint density at radius 3 is 2.71 bits per heavy atom. The van der Waals surface area contributed by atoms with E-state index in [0.29, 0.717) is 11.8 Å². The van der Waals surface area contributed by atoms with Gasteiger partial charge in [0.05, 0.1) is 11.0 Å². The van der Waals surface area contributed by atoms with E-state index in [2.05, 4.69) is 5.32 Å². The van der Waals surface area contributed by atoms with Crippen molar-refractivity contribution in [3.05, 3.63) is 33.9 Å². The Balaban J connectivity index is 1.81. The SMILES string of the molecule is CNC1CC(Oc2cc([N+](=O)[O-])ccc2C)C12CCCC2. The van der Waals surface area contributed by atoms with Crippen molar-refractivity contribution in [2.24, 2.45) is 5.41 Å². The van der Waals surface area contributed by atoms with E-state index < -0.39 is 0 Å². The van der Waals surface area contributed by atoms with E-state index in [0.717, 1.165) is 12.0 Å². The van der Waals surface area contributed by atoms with Gasteiger partial charge in [-0.15, -0.1) is 0 Å². The second kappa shape index (κ2) is 5.30. The highest BCUT2D eigenvalue weighted by Gasteiger charge is 2.57. The van der Waals surface area contributed by atoms with Crippen LogP contribution in [0.5, 0.6) is 5.75 Å². The molecule has 0 radical (unpaired) electrons. The fourth-order valence-corrected chi connectivity index (χ4v) is 4.00. The monoisotopic (exact) mass is 290 g/mol. The highest BCUT2D eigenvalue weighted by Crippen LogP contribution is 2.54. The predicted molar refractivity (Wildman–Crippen MR) is 80.6 cm³/mol. The van der Waals surface area contributed by atoms with Gasteiger partial charge in [-0.25, -0.2) is 0 Å². The molecule has 21 heavy (non-hydrogen) atoms. The van der Waals surface area contributed by atoms with Gasteiger partial charge in [0.2, 0.25) is 0 Å². The molecule has 2 aliphatic carbocycles. The summed E-state index contributed by atoms with van der Waals surface area (Å²) in [6.45, 7) is 1.94. The molecular weight excluding hydrogens is 268 g/mol. The first-order valence-electron chi connectivity index (χ1n) is 7.66. The lowest BCUT2D eigenvalue weighted by Gasteiger charge is -2.53. The zero-order valence-electron chi connectivity index (χ0n) is 12.6. The van der Waals surface area contributed by atoms with E-state index in [9.17, 15) is 10.1 Å². The molecule has 0 amide bonds. The molecule has 2 atom stereocenters. The average molecular weight is 290 g/mol. The number of nitrogens with one attached hydrogen (secondary N) is 1. The third-order valence-electron chi connectivity index (χ3n) is 5.32. The number of rotatable bonds is 4. The second-order valence-corrected chi connectivity index (χ2v) is 6.33. The van der Waals surface area contributed by atoms with E-state index in [4.69, 9.17) is 4.74 Å². The van der Waals surface area contributed by atoms with Gasteiger partial charge in [0.15, 0.2) is 0 Å². The summed E-state index contributed by atoms with van der Waals surface area (Å²) >= 11 is 0. The first-order chi connectivity index (χ1) is 10.1. The van der Waals surface area contributed by atoms with Crippen molar-refractivity contribution in [2.75, 3.05) is 7.05 Å². The third kappa shape index (κ3) is 2.29. The van der Waals surface area contributed by atoms with Gasteiger partial charge in [0.25, 0.3) is 5.69 Å². The van der Waals surface area contributed by atoms with Gasteiger partial charge in [-0.05, 0) is 38.4 Å². The molecule has 5 nitrogen and oxygen atoms in total. The van der Waals surface area contributed by atoms with Crippen LogP contribution in [0.25, 0.3) is 0 Å². The topological polar surface area (TPSA) is 64.4 Å². The van der Waals surface area contributed by atoms with Crippen molar-refractivity contribution in [1.29, 1.82) is 0 Å². The summed E-state index contributed by atoms with van der Waals surface area (Å²) in [7, 11) is 2.01. The molecule has 1 N–H and O–H groups in total. The van der Waals surface area contributed by atoms with Crippen LogP contribution in [0.1, 0.15) is 37.7 Å². The summed E-state index contributed by atoms with van der Waals surface area (Å²) in [6, 6.07) is 5.38. The number of hydrogen-bond donors (Lipinski definition) is 1. The molecule has 1 aromatic rings. The minimum atomic E-state index is -0.366. The largest absolute Gasteiger partial charge is 0.489 e. The van der Waals surface area contributed by atoms with E-state index in [1.165, 1.54) is 31.7 Å². The van der Waals surface area contributed by atoms with Crippen molar-refractivity contribution < 1.29 is 9.66 Å². The van der Waals surface area contributed by atoms with Gasteiger partial charge >= 0.3 is 0 Å². The summed E-state index contributed by atoms with van der Waals surface area (Å²) in [5.74, 6) is 0.662.